The molecule has 1 aromatic carbocycles. The average Bonchev–Trinajstić information content (AvgIpc) is 2.46. The lowest BCUT2D eigenvalue weighted by Crippen LogP contribution is -2.43. The fourth-order valence-electron chi connectivity index (χ4n) is 1.26. The molecular weight excluding hydrogens is 300 g/mol. The summed E-state index contributed by atoms with van der Waals surface area (Å²) < 4.78 is 9.98. The lowest BCUT2D eigenvalue weighted by Gasteiger charge is -2.13. The maximum Gasteiger partial charge on any atom is 0.344 e. The number of imide groups is 1. The minimum absolute atomic E-state index is 0.332. The standard InChI is InChI=1S/C13H15ClN2O5/c1-8(12(18)16-13(19)15-2)21-11(17)7-20-10-6-4-3-5-9(10)14/h3-6,8H,7H2,1-2H3,(H2,15,16,18,19)/t8-/m0/s1. The predicted molar refractivity (Wildman–Crippen MR) is 75.1 cm³/mol. The van der Waals surface area contributed by atoms with Crippen LogP contribution in [-0.2, 0) is 14.3 Å². The predicted octanol–water partition coefficient (Wildman–Crippen LogP) is 1.11. The molecule has 1 rings (SSSR count). The van der Waals surface area contributed by atoms with Crippen LogP contribution < -0.4 is 15.4 Å². The van der Waals surface area contributed by atoms with Crippen molar-refractivity contribution in [2.24, 2.45) is 0 Å². The molecule has 0 aliphatic carbocycles. The first-order valence-corrected chi connectivity index (χ1v) is 6.41. The Kier molecular flexibility index (Phi) is 6.48. The minimum Gasteiger partial charge on any atom is -0.480 e. The molecule has 1 atom stereocenters. The number of nitrogens with one attached hydrogen (secondary N) is 2. The summed E-state index contributed by atoms with van der Waals surface area (Å²) in [6.07, 6.45) is -1.12. The van der Waals surface area contributed by atoms with E-state index in [1.807, 2.05) is 5.32 Å². The summed E-state index contributed by atoms with van der Waals surface area (Å²) >= 11 is 5.85. The Labute approximate surface area is 126 Å². The molecule has 3 amide bonds. The lowest BCUT2D eigenvalue weighted by molar-refractivity contribution is -0.156. The zero-order valence-corrected chi connectivity index (χ0v) is 12.3. The van der Waals surface area contributed by atoms with E-state index in [9.17, 15) is 14.4 Å². The van der Waals surface area contributed by atoms with Gasteiger partial charge in [0.1, 0.15) is 5.75 Å². The van der Waals surface area contributed by atoms with E-state index in [0.29, 0.717) is 10.8 Å². The molecule has 21 heavy (non-hydrogen) atoms. The summed E-state index contributed by atoms with van der Waals surface area (Å²) in [5.41, 5.74) is 0. The van der Waals surface area contributed by atoms with Crippen LogP contribution in [0.5, 0.6) is 5.75 Å². The highest BCUT2D eigenvalue weighted by Gasteiger charge is 2.19. The highest BCUT2D eigenvalue weighted by atomic mass is 35.5. The third kappa shape index (κ3) is 5.70. The molecule has 0 aliphatic heterocycles. The molecule has 0 aromatic heterocycles. The van der Waals surface area contributed by atoms with Gasteiger partial charge in [0.25, 0.3) is 5.91 Å². The van der Waals surface area contributed by atoms with Gasteiger partial charge in [-0.2, -0.15) is 0 Å². The van der Waals surface area contributed by atoms with Gasteiger partial charge in [-0.15, -0.1) is 0 Å². The van der Waals surface area contributed by atoms with Gasteiger partial charge in [0.15, 0.2) is 12.7 Å². The van der Waals surface area contributed by atoms with E-state index < -0.39 is 30.6 Å². The number of benzene rings is 1. The van der Waals surface area contributed by atoms with Crippen LogP contribution in [0.4, 0.5) is 4.79 Å². The van der Waals surface area contributed by atoms with Crippen molar-refractivity contribution in [3.8, 4) is 5.75 Å². The second-order valence-electron chi connectivity index (χ2n) is 3.92. The maximum atomic E-state index is 11.5. The van der Waals surface area contributed by atoms with Crippen LogP contribution in [0, 0.1) is 0 Å². The summed E-state index contributed by atoms with van der Waals surface area (Å²) in [5.74, 6) is -1.16. The zero-order chi connectivity index (χ0) is 15.8. The van der Waals surface area contributed by atoms with E-state index in [0.717, 1.165) is 0 Å². The quantitative estimate of drug-likeness (QED) is 0.794. The average molecular weight is 315 g/mol. The van der Waals surface area contributed by atoms with Gasteiger partial charge in [0, 0.05) is 7.05 Å². The second-order valence-corrected chi connectivity index (χ2v) is 4.33. The summed E-state index contributed by atoms with van der Waals surface area (Å²) in [4.78, 5) is 33.9. The van der Waals surface area contributed by atoms with Gasteiger partial charge in [-0.25, -0.2) is 9.59 Å². The number of rotatable bonds is 5. The van der Waals surface area contributed by atoms with Crippen molar-refractivity contribution in [2.75, 3.05) is 13.7 Å². The second kappa shape index (κ2) is 8.11. The van der Waals surface area contributed by atoms with Crippen LogP contribution in [-0.4, -0.2) is 37.7 Å². The number of hydrogen-bond acceptors (Lipinski definition) is 5. The Hall–Kier alpha value is -2.28. The largest absolute Gasteiger partial charge is 0.480 e. The minimum atomic E-state index is -1.12. The summed E-state index contributed by atoms with van der Waals surface area (Å²) in [6.45, 7) is 0.937. The Morgan fingerprint density at radius 1 is 1.29 bits per heavy atom. The van der Waals surface area contributed by atoms with Gasteiger partial charge in [0.05, 0.1) is 5.02 Å². The number of hydrogen-bond donors (Lipinski definition) is 2. The topological polar surface area (TPSA) is 93.7 Å². The molecule has 7 nitrogen and oxygen atoms in total. The molecule has 0 radical (unpaired) electrons. The molecule has 0 saturated heterocycles. The summed E-state index contributed by atoms with van der Waals surface area (Å²) in [6, 6.07) is 5.94. The number of para-hydroxylation sites is 1. The van der Waals surface area contributed by atoms with E-state index in [4.69, 9.17) is 21.1 Å². The number of urea groups is 1. The number of amides is 3. The lowest BCUT2D eigenvalue weighted by atomic mass is 10.3. The van der Waals surface area contributed by atoms with Crippen LogP contribution in [0.15, 0.2) is 24.3 Å². The van der Waals surface area contributed by atoms with Crippen molar-refractivity contribution in [1.29, 1.82) is 0 Å². The first-order chi connectivity index (χ1) is 9.93. The number of carbonyl (C=O) groups excluding carboxylic acids is 3. The molecule has 0 spiro atoms. The Morgan fingerprint density at radius 3 is 2.57 bits per heavy atom. The van der Waals surface area contributed by atoms with Crippen LogP contribution in [0.25, 0.3) is 0 Å². The molecule has 2 N–H and O–H groups in total. The third-order valence-corrected chi connectivity index (χ3v) is 2.64. The summed E-state index contributed by atoms with van der Waals surface area (Å²) in [7, 11) is 1.36. The van der Waals surface area contributed by atoms with Crippen LogP contribution >= 0.6 is 11.6 Å². The van der Waals surface area contributed by atoms with Crippen molar-refractivity contribution in [1.82, 2.24) is 10.6 Å². The van der Waals surface area contributed by atoms with Gasteiger partial charge in [-0.05, 0) is 19.1 Å². The maximum absolute atomic E-state index is 11.5. The molecule has 0 bridgehead atoms. The molecule has 0 heterocycles. The van der Waals surface area contributed by atoms with Crippen molar-refractivity contribution < 1.29 is 23.9 Å². The first kappa shape index (κ1) is 16.8. The monoisotopic (exact) mass is 314 g/mol. The number of carbonyl (C=O) groups is 3. The smallest absolute Gasteiger partial charge is 0.344 e. The fourth-order valence-corrected chi connectivity index (χ4v) is 1.45. The molecule has 0 aliphatic rings. The number of halogens is 1. The molecule has 1 aromatic rings. The third-order valence-electron chi connectivity index (χ3n) is 2.32. The van der Waals surface area contributed by atoms with E-state index in [1.54, 1.807) is 24.3 Å². The Morgan fingerprint density at radius 2 is 1.95 bits per heavy atom. The van der Waals surface area contributed by atoms with E-state index in [1.165, 1.54) is 14.0 Å². The molecule has 0 unspecified atom stereocenters. The molecular formula is C13H15ClN2O5. The Bertz CT molecular complexity index is 535. The van der Waals surface area contributed by atoms with Crippen molar-refractivity contribution in [3.05, 3.63) is 29.3 Å². The van der Waals surface area contributed by atoms with Crippen LogP contribution in [0.3, 0.4) is 0 Å². The molecule has 114 valence electrons. The van der Waals surface area contributed by atoms with E-state index in [-0.39, 0.29) is 0 Å². The van der Waals surface area contributed by atoms with E-state index >= 15 is 0 Å². The zero-order valence-electron chi connectivity index (χ0n) is 11.5. The van der Waals surface area contributed by atoms with Crippen molar-refractivity contribution in [2.45, 2.75) is 13.0 Å². The van der Waals surface area contributed by atoms with Crippen molar-refractivity contribution >= 4 is 29.5 Å². The van der Waals surface area contributed by atoms with Gasteiger partial charge >= 0.3 is 12.0 Å². The first-order valence-electron chi connectivity index (χ1n) is 6.03. The number of esters is 1. The Balaban J connectivity index is 2.41. The van der Waals surface area contributed by atoms with Gasteiger partial charge < -0.3 is 14.8 Å². The van der Waals surface area contributed by atoms with Crippen LogP contribution in [0.1, 0.15) is 6.92 Å². The fraction of sp³-hybridized carbons (Fsp3) is 0.308. The van der Waals surface area contributed by atoms with Crippen LogP contribution in [0.2, 0.25) is 5.02 Å². The summed E-state index contributed by atoms with van der Waals surface area (Å²) in [5, 5.41) is 4.55. The van der Waals surface area contributed by atoms with Gasteiger partial charge in [-0.1, -0.05) is 23.7 Å². The molecule has 0 saturated carbocycles. The molecule has 8 heteroatoms. The highest BCUT2D eigenvalue weighted by molar-refractivity contribution is 6.32. The highest BCUT2D eigenvalue weighted by Crippen LogP contribution is 2.22. The van der Waals surface area contributed by atoms with Gasteiger partial charge in [0.2, 0.25) is 0 Å². The number of ether oxygens (including phenoxy) is 2. The normalized spacial score (nSPS) is 11.2. The van der Waals surface area contributed by atoms with Crippen molar-refractivity contribution in [3.63, 3.8) is 0 Å². The van der Waals surface area contributed by atoms with E-state index in [2.05, 4.69) is 5.32 Å². The molecule has 0 fully saturated rings. The SMILES string of the molecule is CNC(=O)NC(=O)[C@H](C)OC(=O)COc1ccccc1Cl. The van der Waals surface area contributed by atoms with Gasteiger partial charge in [-0.3, -0.25) is 10.1 Å².